The highest BCUT2D eigenvalue weighted by atomic mass is 16.5. The molecule has 3 rings (SSSR count). The number of fused-ring (bicyclic) bond motifs is 1. The summed E-state index contributed by atoms with van der Waals surface area (Å²) in [5, 5.41) is 23.9. The minimum atomic E-state index is -1.18. The molecule has 1 amide bonds. The van der Waals surface area contributed by atoms with Gasteiger partial charge in [-0.15, -0.1) is 0 Å². The topological polar surface area (TPSA) is 91.7 Å². The van der Waals surface area contributed by atoms with E-state index in [4.69, 9.17) is 4.74 Å². The molecule has 1 heterocycles. The predicted molar refractivity (Wildman–Crippen MR) is 97.3 cm³/mol. The summed E-state index contributed by atoms with van der Waals surface area (Å²) < 4.78 is 5.08. The average Bonchev–Trinajstić information content (AvgIpc) is 2.70. The predicted octanol–water partition coefficient (Wildman–Crippen LogP) is 2.56. The number of carbonyl (C=O) groups excluding carboxylic acids is 1. The van der Waals surface area contributed by atoms with Crippen LogP contribution in [0.1, 0.15) is 17.2 Å². The van der Waals surface area contributed by atoms with Gasteiger partial charge in [0, 0.05) is 18.1 Å². The van der Waals surface area contributed by atoms with Crippen LogP contribution in [0.25, 0.3) is 10.9 Å². The van der Waals surface area contributed by atoms with Crippen molar-refractivity contribution in [1.29, 1.82) is 0 Å². The maximum Gasteiger partial charge on any atom is 0.407 e. The molecule has 2 aromatic carbocycles. The van der Waals surface area contributed by atoms with Crippen molar-refractivity contribution < 1.29 is 19.7 Å². The van der Waals surface area contributed by atoms with Crippen LogP contribution in [-0.2, 0) is 11.3 Å². The number of ether oxygens (including phenoxy) is 1. The van der Waals surface area contributed by atoms with E-state index in [0.717, 1.165) is 16.5 Å². The zero-order chi connectivity index (χ0) is 18.4. The molecule has 0 saturated heterocycles. The van der Waals surface area contributed by atoms with E-state index in [2.05, 4.69) is 10.3 Å². The fourth-order valence-electron chi connectivity index (χ4n) is 2.67. The van der Waals surface area contributed by atoms with E-state index >= 15 is 0 Å². The molecular formula is C20H20N2O4. The third-order valence-electron chi connectivity index (χ3n) is 4.03. The van der Waals surface area contributed by atoms with Gasteiger partial charge in [-0.25, -0.2) is 4.79 Å². The number of hydrogen-bond donors (Lipinski definition) is 3. The first-order valence-electron chi connectivity index (χ1n) is 8.29. The molecular weight excluding hydrogens is 332 g/mol. The van der Waals surface area contributed by atoms with Crippen LogP contribution in [-0.4, -0.2) is 33.9 Å². The van der Waals surface area contributed by atoms with Crippen LogP contribution in [0.5, 0.6) is 0 Å². The Kier molecular flexibility index (Phi) is 5.78. The summed E-state index contributed by atoms with van der Waals surface area (Å²) >= 11 is 0. The van der Waals surface area contributed by atoms with Crippen LogP contribution in [0.4, 0.5) is 4.79 Å². The van der Waals surface area contributed by atoms with Gasteiger partial charge in [-0.2, -0.15) is 0 Å². The molecule has 2 unspecified atom stereocenters. The van der Waals surface area contributed by atoms with Crippen molar-refractivity contribution >= 4 is 17.0 Å². The van der Waals surface area contributed by atoms with Crippen molar-refractivity contribution in [2.75, 3.05) is 6.54 Å². The Morgan fingerprint density at radius 3 is 2.65 bits per heavy atom. The smallest absolute Gasteiger partial charge is 0.407 e. The highest BCUT2D eigenvalue weighted by Crippen LogP contribution is 2.25. The van der Waals surface area contributed by atoms with E-state index in [-0.39, 0.29) is 13.2 Å². The molecule has 6 heteroatoms. The molecule has 3 N–H and O–H groups in total. The second-order valence-electron chi connectivity index (χ2n) is 5.87. The highest BCUT2D eigenvalue weighted by molar-refractivity contribution is 5.82. The number of hydrogen-bond acceptors (Lipinski definition) is 5. The Hall–Kier alpha value is -2.96. The second-order valence-corrected chi connectivity index (χ2v) is 5.87. The van der Waals surface area contributed by atoms with E-state index in [1.54, 1.807) is 24.4 Å². The molecule has 0 aliphatic heterocycles. The average molecular weight is 352 g/mol. The van der Waals surface area contributed by atoms with E-state index in [1.165, 1.54) is 0 Å². The van der Waals surface area contributed by atoms with E-state index in [1.807, 2.05) is 42.5 Å². The number of rotatable bonds is 6. The van der Waals surface area contributed by atoms with Gasteiger partial charge >= 0.3 is 6.09 Å². The molecule has 134 valence electrons. The SMILES string of the molecule is O=C(NCC(O)C(O)c1cccc2ncccc12)OCc1ccccc1. The number of carbonyl (C=O) groups is 1. The summed E-state index contributed by atoms with van der Waals surface area (Å²) in [6.07, 6.45) is -1.32. The number of alkyl carbamates (subject to hydrolysis) is 1. The summed E-state index contributed by atoms with van der Waals surface area (Å²) in [4.78, 5) is 16.0. The maximum atomic E-state index is 11.8. The number of nitrogens with zero attached hydrogens (tertiary/aromatic N) is 1. The molecule has 0 radical (unpaired) electrons. The molecule has 0 spiro atoms. The number of nitrogens with one attached hydrogen (secondary N) is 1. The van der Waals surface area contributed by atoms with Gasteiger partial charge in [0.05, 0.1) is 5.52 Å². The Bertz CT molecular complexity index is 865. The lowest BCUT2D eigenvalue weighted by Gasteiger charge is -2.20. The second kappa shape index (κ2) is 8.42. The lowest BCUT2D eigenvalue weighted by molar-refractivity contribution is 0.0192. The van der Waals surface area contributed by atoms with Crippen molar-refractivity contribution in [2.45, 2.75) is 18.8 Å². The van der Waals surface area contributed by atoms with Gasteiger partial charge in [0.1, 0.15) is 18.8 Å². The van der Waals surface area contributed by atoms with Crippen molar-refractivity contribution in [3.8, 4) is 0 Å². The molecule has 0 aliphatic rings. The van der Waals surface area contributed by atoms with Gasteiger partial charge in [-0.1, -0.05) is 48.5 Å². The van der Waals surface area contributed by atoms with Gasteiger partial charge in [-0.3, -0.25) is 4.98 Å². The first-order valence-corrected chi connectivity index (χ1v) is 8.29. The summed E-state index contributed by atoms with van der Waals surface area (Å²) in [6, 6.07) is 18.2. The van der Waals surface area contributed by atoms with Crippen molar-refractivity contribution in [1.82, 2.24) is 10.3 Å². The standard InChI is InChI=1S/C20H20N2O4/c23-18(12-22-20(25)26-13-14-6-2-1-3-7-14)19(24)16-8-4-10-17-15(16)9-5-11-21-17/h1-11,18-19,23-24H,12-13H2,(H,22,25). The van der Waals surface area contributed by atoms with Crippen LogP contribution in [0.2, 0.25) is 0 Å². The summed E-state index contributed by atoms with van der Waals surface area (Å²) in [7, 11) is 0. The van der Waals surface area contributed by atoms with Gasteiger partial charge in [-0.05, 0) is 23.3 Å². The lowest BCUT2D eigenvalue weighted by Crippen LogP contribution is -2.35. The first-order chi connectivity index (χ1) is 12.6. The fourth-order valence-corrected chi connectivity index (χ4v) is 2.67. The molecule has 1 aromatic heterocycles. The van der Waals surface area contributed by atoms with E-state index in [0.29, 0.717) is 5.56 Å². The molecule has 0 saturated carbocycles. The van der Waals surface area contributed by atoms with Crippen LogP contribution in [0.15, 0.2) is 66.9 Å². The molecule has 3 aromatic rings. The van der Waals surface area contributed by atoms with Crippen molar-refractivity contribution in [3.63, 3.8) is 0 Å². The molecule has 6 nitrogen and oxygen atoms in total. The van der Waals surface area contributed by atoms with E-state index in [9.17, 15) is 15.0 Å². The Morgan fingerprint density at radius 2 is 1.85 bits per heavy atom. The lowest BCUT2D eigenvalue weighted by atomic mass is 9.99. The van der Waals surface area contributed by atoms with Crippen LogP contribution >= 0.6 is 0 Å². The molecule has 2 atom stereocenters. The molecule has 26 heavy (non-hydrogen) atoms. The minimum absolute atomic E-state index is 0.133. The molecule has 0 bridgehead atoms. The zero-order valence-electron chi connectivity index (χ0n) is 14.1. The Morgan fingerprint density at radius 1 is 1.04 bits per heavy atom. The Balaban J connectivity index is 1.55. The van der Waals surface area contributed by atoms with Gasteiger partial charge in [0.15, 0.2) is 0 Å². The van der Waals surface area contributed by atoms with Crippen molar-refractivity contribution in [2.24, 2.45) is 0 Å². The fraction of sp³-hybridized carbons (Fsp3) is 0.200. The normalized spacial score (nSPS) is 13.2. The van der Waals surface area contributed by atoms with Crippen LogP contribution in [0.3, 0.4) is 0 Å². The first kappa shape index (κ1) is 17.8. The largest absolute Gasteiger partial charge is 0.445 e. The summed E-state index contributed by atoms with van der Waals surface area (Å²) in [5.74, 6) is 0. The Labute approximate surface area is 151 Å². The third-order valence-corrected chi connectivity index (χ3v) is 4.03. The van der Waals surface area contributed by atoms with Crippen molar-refractivity contribution in [3.05, 3.63) is 78.0 Å². The number of benzene rings is 2. The molecule has 0 fully saturated rings. The number of aromatic nitrogens is 1. The van der Waals surface area contributed by atoms with Gasteiger partial charge in [0.2, 0.25) is 0 Å². The molecule has 0 aliphatic carbocycles. The quantitative estimate of drug-likeness (QED) is 0.634. The maximum absolute atomic E-state index is 11.8. The zero-order valence-corrected chi connectivity index (χ0v) is 14.1. The van der Waals surface area contributed by atoms with E-state index < -0.39 is 18.3 Å². The van der Waals surface area contributed by atoms with Gasteiger partial charge < -0.3 is 20.3 Å². The highest BCUT2D eigenvalue weighted by Gasteiger charge is 2.21. The minimum Gasteiger partial charge on any atom is -0.445 e. The number of pyridine rings is 1. The van der Waals surface area contributed by atoms with Gasteiger partial charge in [0.25, 0.3) is 0 Å². The summed E-state index contributed by atoms with van der Waals surface area (Å²) in [6.45, 7) is 0.00571. The van der Waals surface area contributed by atoms with Crippen LogP contribution < -0.4 is 5.32 Å². The number of amides is 1. The monoisotopic (exact) mass is 352 g/mol. The summed E-state index contributed by atoms with van der Waals surface area (Å²) in [5.41, 5.74) is 2.15. The third kappa shape index (κ3) is 4.36. The number of aliphatic hydroxyl groups excluding tert-OH is 2. The number of aliphatic hydroxyl groups is 2. The van der Waals surface area contributed by atoms with Crippen LogP contribution in [0, 0.1) is 0 Å².